The fraction of sp³-hybridized carbons (Fsp3) is 0.450. The van der Waals surface area contributed by atoms with Crippen molar-refractivity contribution >= 4 is 33.0 Å². The van der Waals surface area contributed by atoms with E-state index in [1.54, 1.807) is 31.4 Å². The Labute approximate surface area is 175 Å². The number of nitrogens with one attached hydrogen (secondary N) is 1. The summed E-state index contributed by atoms with van der Waals surface area (Å²) in [5.41, 5.74) is 1.46. The summed E-state index contributed by atoms with van der Waals surface area (Å²) in [4.78, 5) is 13.8. The highest BCUT2D eigenvalue weighted by Gasteiger charge is 2.34. The van der Waals surface area contributed by atoms with Gasteiger partial charge in [-0.25, -0.2) is 8.42 Å². The van der Waals surface area contributed by atoms with Gasteiger partial charge < -0.3 is 14.8 Å². The number of rotatable bonds is 6. The zero-order valence-corrected chi connectivity index (χ0v) is 18.7. The van der Waals surface area contributed by atoms with Gasteiger partial charge in [0, 0.05) is 29.7 Å². The van der Waals surface area contributed by atoms with E-state index in [0.29, 0.717) is 40.8 Å². The maximum absolute atomic E-state index is 12.9. The van der Waals surface area contributed by atoms with Crippen molar-refractivity contribution in [3.63, 3.8) is 0 Å². The second-order valence-corrected chi connectivity index (χ2v) is 10.5. The van der Waals surface area contributed by atoms with E-state index >= 15 is 0 Å². The van der Waals surface area contributed by atoms with Crippen molar-refractivity contribution in [2.24, 2.45) is 5.92 Å². The standard InChI is InChI=1S/C20H26N2O5S2/c1-13-10-17(26-3)18(27-4)11-16(13)21-20(23)15-6-5-9-22(12-15)29(24,25)19-8-7-14(2)28-19/h7-8,10-11,15H,5-6,9,12H2,1-4H3,(H,21,23)/t15-/m1/s1. The lowest BCUT2D eigenvalue weighted by Crippen LogP contribution is -2.43. The molecule has 0 unspecified atom stereocenters. The van der Waals surface area contributed by atoms with Gasteiger partial charge in [0.15, 0.2) is 11.5 Å². The number of carbonyl (C=O) groups is 1. The van der Waals surface area contributed by atoms with Crippen LogP contribution in [0.5, 0.6) is 11.5 Å². The molecule has 2 aromatic rings. The number of sulfonamides is 1. The highest BCUT2D eigenvalue weighted by atomic mass is 32.2. The lowest BCUT2D eigenvalue weighted by atomic mass is 9.98. The van der Waals surface area contributed by atoms with Crippen LogP contribution in [0, 0.1) is 19.8 Å². The minimum Gasteiger partial charge on any atom is -0.493 e. The first-order chi connectivity index (χ1) is 13.8. The van der Waals surface area contributed by atoms with Crippen LogP contribution >= 0.6 is 11.3 Å². The van der Waals surface area contributed by atoms with Crippen molar-refractivity contribution in [3.05, 3.63) is 34.7 Å². The Balaban J connectivity index is 1.75. The molecule has 0 bridgehead atoms. The molecule has 3 rings (SSSR count). The van der Waals surface area contributed by atoms with E-state index in [0.717, 1.165) is 10.4 Å². The number of hydrogen-bond acceptors (Lipinski definition) is 6. The molecule has 158 valence electrons. The monoisotopic (exact) mass is 438 g/mol. The van der Waals surface area contributed by atoms with Crippen LogP contribution in [0.2, 0.25) is 0 Å². The van der Waals surface area contributed by atoms with Crippen LogP contribution in [-0.2, 0) is 14.8 Å². The molecule has 0 radical (unpaired) electrons. The first-order valence-electron chi connectivity index (χ1n) is 9.36. The van der Waals surface area contributed by atoms with Crippen molar-refractivity contribution < 1.29 is 22.7 Å². The molecule has 0 aliphatic carbocycles. The molecule has 1 aromatic heterocycles. The van der Waals surface area contributed by atoms with Gasteiger partial charge in [0.05, 0.1) is 20.1 Å². The van der Waals surface area contributed by atoms with Crippen molar-refractivity contribution in [1.82, 2.24) is 4.31 Å². The van der Waals surface area contributed by atoms with Crippen LogP contribution < -0.4 is 14.8 Å². The van der Waals surface area contributed by atoms with Gasteiger partial charge in [-0.1, -0.05) is 0 Å². The van der Waals surface area contributed by atoms with Crippen LogP contribution in [0.15, 0.2) is 28.5 Å². The molecule has 1 N–H and O–H groups in total. The molecular weight excluding hydrogens is 412 g/mol. The summed E-state index contributed by atoms with van der Waals surface area (Å²) in [6.45, 7) is 4.35. The smallest absolute Gasteiger partial charge is 0.252 e. The summed E-state index contributed by atoms with van der Waals surface area (Å²) in [7, 11) is -0.479. The molecule has 1 saturated heterocycles. The fourth-order valence-corrected chi connectivity index (χ4v) is 6.36. The van der Waals surface area contributed by atoms with Crippen molar-refractivity contribution in [2.75, 3.05) is 32.6 Å². The molecule has 0 saturated carbocycles. The van der Waals surface area contributed by atoms with Crippen molar-refractivity contribution in [1.29, 1.82) is 0 Å². The number of nitrogens with zero attached hydrogens (tertiary/aromatic N) is 1. The molecule has 0 spiro atoms. The maximum atomic E-state index is 12.9. The highest BCUT2D eigenvalue weighted by Crippen LogP contribution is 2.34. The summed E-state index contributed by atoms with van der Waals surface area (Å²) in [6.07, 6.45) is 1.29. The molecule has 1 amide bonds. The van der Waals surface area contributed by atoms with Gasteiger partial charge in [0.2, 0.25) is 5.91 Å². The summed E-state index contributed by atoms with van der Waals surface area (Å²) in [5, 5.41) is 2.93. The number of carbonyl (C=O) groups excluding carboxylic acids is 1. The quantitative estimate of drug-likeness (QED) is 0.747. The second-order valence-electron chi connectivity index (χ2n) is 7.08. The van der Waals surface area contributed by atoms with Gasteiger partial charge in [-0.05, 0) is 50.5 Å². The van der Waals surface area contributed by atoms with Crippen LogP contribution in [0.3, 0.4) is 0 Å². The van der Waals surface area contributed by atoms with Gasteiger partial charge in [0.25, 0.3) is 10.0 Å². The maximum Gasteiger partial charge on any atom is 0.252 e. The number of thiophene rings is 1. The van der Waals surface area contributed by atoms with Gasteiger partial charge in [-0.3, -0.25) is 4.79 Å². The lowest BCUT2D eigenvalue weighted by molar-refractivity contribution is -0.120. The molecular formula is C20H26N2O5S2. The number of piperidine rings is 1. The fourth-order valence-electron chi connectivity index (χ4n) is 3.40. The van der Waals surface area contributed by atoms with Gasteiger partial charge in [0.1, 0.15) is 4.21 Å². The van der Waals surface area contributed by atoms with E-state index in [9.17, 15) is 13.2 Å². The number of amides is 1. The molecule has 9 heteroatoms. The van der Waals surface area contributed by atoms with E-state index in [4.69, 9.17) is 9.47 Å². The number of aryl methyl sites for hydroxylation is 2. The Morgan fingerprint density at radius 1 is 1.17 bits per heavy atom. The molecule has 1 aliphatic heterocycles. The molecule has 1 aromatic carbocycles. The van der Waals surface area contributed by atoms with E-state index < -0.39 is 15.9 Å². The van der Waals surface area contributed by atoms with Crippen molar-refractivity contribution in [2.45, 2.75) is 30.9 Å². The van der Waals surface area contributed by atoms with Crippen LogP contribution in [0.4, 0.5) is 5.69 Å². The molecule has 1 fully saturated rings. The predicted molar refractivity (Wildman–Crippen MR) is 113 cm³/mol. The van der Waals surface area contributed by atoms with Crippen LogP contribution in [-0.4, -0.2) is 45.9 Å². The Kier molecular flexibility index (Phi) is 6.50. The largest absolute Gasteiger partial charge is 0.493 e. The highest BCUT2D eigenvalue weighted by molar-refractivity contribution is 7.91. The first kappa shape index (κ1) is 21.6. The van der Waals surface area contributed by atoms with Crippen LogP contribution in [0.25, 0.3) is 0 Å². The molecule has 1 atom stereocenters. The number of methoxy groups -OCH3 is 2. The Bertz CT molecular complexity index is 1000. The molecule has 29 heavy (non-hydrogen) atoms. The minimum absolute atomic E-state index is 0.178. The average molecular weight is 439 g/mol. The third-order valence-electron chi connectivity index (χ3n) is 5.05. The normalized spacial score (nSPS) is 17.7. The van der Waals surface area contributed by atoms with Gasteiger partial charge in [-0.15, -0.1) is 11.3 Å². The molecule has 1 aliphatic rings. The second kappa shape index (κ2) is 8.73. The third kappa shape index (κ3) is 4.57. The van der Waals surface area contributed by atoms with Gasteiger partial charge in [-0.2, -0.15) is 4.31 Å². The number of benzene rings is 1. The number of hydrogen-bond donors (Lipinski definition) is 1. The molecule has 2 heterocycles. The predicted octanol–water partition coefficient (Wildman–Crippen LogP) is 3.42. The van der Waals surface area contributed by atoms with E-state index in [1.165, 1.54) is 22.8 Å². The van der Waals surface area contributed by atoms with Crippen LogP contribution in [0.1, 0.15) is 23.3 Å². The zero-order valence-electron chi connectivity index (χ0n) is 17.0. The first-order valence-corrected chi connectivity index (χ1v) is 11.6. The summed E-state index contributed by atoms with van der Waals surface area (Å²) >= 11 is 1.25. The summed E-state index contributed by atoms with van der Waals surface area (Å²) in [5.74, 6) is 0.508. The molecule has 7 nitrogen and oxygen atoms in total. The summed E-state index contributed by atoms with van der Waals surface area (Å²) < 4.78 is 38.2. The topological polar surface area (TPSA) is 84.9 Å². The lowest BCUT2D eigenvalue weighted by Gasteiger charge is -2.31. The Morgan fingerprint density at radius 2 is 1.86 bits per heavy atom. The minimum atomic E-state index is -3.57. The summed E-state index contributed by atoms with van der Waals surface area (Å²) in [6, 6.07) is 6.95. The average Bonchev–Trinajstić information content (AvgIpc) is 3.16. The Morgan fingerprint density at radius 3 is 2.48 bits per heavy atom. The van der Waals surface area contributed by atoms with E-state index in [-0.39, 0.29) is 12.5 Å². The third-order valence-corrected chi connectivity index (χ3v) is 8.39. The zero-order chi connectivity index (χ0) is 21.2. The van der Waals surface area contributed by atoms with E-state index in [1.807, 2.05) is 13.8 Å². The number of ether oxygens (including phenoxy) is 2. The van der Waals surface area contributed by atoms with Crippen molar-refractivity contribution in [3.8, 4) is 11.5 Å². The SMILES string of the molecule is COc1cc(C)c(NC(=O)[C@@H]2CCCN(S(=O)(=O)c3ccc(C)s3)C2)cc1OC. The van der Waals surface area contributed by atoms with Gasteiger partial charge >= 0.3 is 0 Å². The number of anilines is 1. The van der Waals surface area contributed by atoms with E-state index in [2.05, 4.69) is 5.32 Å². The Hall–Kier alpha value is -2.10.